The van der Waals surface area contributed by atoms with Gasteiger partial charge in [0.1, 0.15) is 0 Å². The second-order valence-electron chi connectivity index (χ2n) is 6.81. The number of benzene rings is 2. The number of nitrogens with one attached hydrogen (secondary N) is 1. The summed E-state index contributed by atoms with van der Waals surface area (Å²) in [6.07, 6.45) is 0. The van der Waals surface area contributed by atoms with Gasteiger partial charge in [-0.05, 0) is 60.8 Å². The van der Waals surface area contributed by atoms with Gasteiger partial charge in [0.2, 0.25) is 0 Å². The van der Waals surface area contributed by atoms with E-state index in [0.29, 0.717) is 11.3 Å². The average Bonchev–Trinajstić information content (AvgIpc) is 2.63. The van der Waals surface area contributed by atoms with Gasteiger partial charge in [0.25, 0.3) is 5.91 Å². The standard InChI is InChI=1S/C20H22F3N3OS/c1-25-9-11-26(12-10-25)14-15-3-2-4-17(13-15)24-19(27)16-5-7-18(8-6-16)28-20(21,22)23/h2-8,13H,9-12,14H2,1H3,(H,24,27). The molecular weight excluding hydrogens is 387 g/mol. The van der Waals surface area contributed by atoms with E-state index in [0.717, 1.165) is 38.3 Å². The summed E-state index contributed by atoms with van der Waals surface area (Å²) >= 11 is -0.196. The fourth-order valence-corrected chi connectivity index (χ4v) is 3.56. The molecule has 0 unspecified atom stereocenters. The summed E-state index contributed by atoms with van der Waals surface area (Å²) < 4.78 is 37.2. The van der Waals surface area contributed by atoms with Gasteiger partial charge in [-0.2, -0.15) is 13.2 Å². The molecule has 1 fully saturated rings. The van der Waals surface area contributed by atoms with Gasteiger partial charge in [0.05, 0.1) is 0 Å². The van der Waals surface area contributed by atoms with E-state index < -0.39 is 5.51 Å². The van der Waals surface area contributed by atoms with E-state index in [1.807, 2.05) is 18.2 Å². The van der Waals surface area contributed by atoms with Crippen LogP contribution in [-0.2, 0) is 6.54 Å². The lowest BCUT2D eigenvalue weighted by Crippen LogP contribution is -2.43. The Morgan fingerprint density at radius 3 is 2.39 bits per heavy atom. The van der Waals surface area contributed by atoms with E-state index in [2.05, 4.69) is 22.2 Å². The molecule has 4 nitrogen and oxygen atoms in total. The normalized spacial score (nSPS) is 16.1. The highest BCUT2D eigenvalue weighted by Crippen LogP contribution is 2.36. The molecule has 0 spiro atoms. The molecule has 8 heteroatoms. The van der Waals surface area contributed by atoms with E-state index in [1.54, 1.807) is 6.07 Å². The molecular formula is C20H22F3N3OS. The van der Waals surface area contributed by atoms with Crippen molar-refractivity contribution in [3.8, 4) is 0 Å². The minimum Gasteiger partial charge on any atom is -0.322 e. The summed E-state index contributed by atoms with van der Waals surface area (Å²) in [6, 6.07) is 13.1. The zero-order valence-electron chi connectivity index (χ0n) is 15.5. The zero-order chi connectivity index (χ0) is 20.1. The first-order valence-corrected chi connectivity index (χ1v) is 9.77. The Morgan fingerprint density at radius 2 is 1.75 bits per heavy atom. The number of halogens is 3. The molecule has 0 bridgehead atoms. The molecule has 1 N–H and O–H groups in total. The van der Waals surface area contributed by atoms with Crippen LogP contribution in [0.5, 0.6) is 0 Å². The molecule has 1 aliphatic heterocycles. The highest BCUT2D eigenvalue weighted by Gasteiger charge is 2.29. The van der Waals surface area contributed by atoms with Crippen LogP contribution in [-0.4, -0.2) is 54.4 Å². The van der Waals surface area contributed by atoms with Gasteiger partial charge in [-0.15, -0.1) is 0 Å². The minimum absolute atomic E-state index is 0.0539. The maximum atomic E-state index is 12.4. The van der Waals surface area contributed by atoms with Crippen molar-refractivity contribution in [2.45, 2.75) is 16.9 Å². The smallest absolute Gasteiger partial charge is 0.322 e. The minimum atomic E-state index is -4.34. The summed E-state index contributed by atoms with van der Waals surface area (Å²) in [5.74, 6) is -0.347. The first-order valence-electron chi connectivity index (χ1n) is 8.95. The highest BCUT2D eigenvalue weighted by molar-refractivity contribution is 8.00. The number of carbonyl (C=O) groups excluding carboxylic acids is 1. The molecule has 28 heavy (non-hydrogen) atoms. The van der Waals surface area contributed by atoms with E-state index >= 15 is 0 Å². The highest BCUT2D eigenvalue weighted by atomic mass is 32.2. The summed E-state index contributed by atoms with van der Waals surface area (Å²) in [5.41, 5.74) is -2.24. The number of amides is 1. The number of piperazine rings is 1. The maximum Gasteiger partial charge on any atom is 0.446 e. The summed E-state index contributed by atoms with van der Waals surface area (Å²) in [7, 11) is 2.11. The molecule has 2 aromatic carbocycles. The Hall–Kier alpha value is -2.03. The van der Waals surface area contributed by atoms with Crippen molar-refractivity contribution < 1.29 is 18.0 Å². The van der Waals surface area contributed by atoms with Gasteiger partial charge in [-0.1, -0.05) is 12.1 Å². The lowest BCUT2D eigenvalue weighted by Gasteiger charge is -2.32. The van der Waals surface area contributed by atoms with Gasteiger partial charge in [0, 0.05) is 48.9 Å². The molecule has 0 aliphatic carbocycles. The molecule has 0 radical (unpaired) electrons. The molecule has 0 saturated carbocycles. The Kier molecular flexibility index (Phi) is 6.64. The lowest BCUT2D eigenvalue weighted by molar-refractivity contribution is -0.0328. The molecule has 1 amide bonds. The lowest BCUT2D eigenvalue weighted by atomic mass is 10.1. The summed E-state index contributed by atoms with van der Waals surface area (Å²) in [6.45, 7) is 4.92. The van der Waals surface area contributed by atoms with Crippen LogP contribution in [0.3, 0.4) is 0 Å². The number of thioether (sulfide) groups is 1. The second kappa shape index (κ2) is 8.98. The van der Waals surface area contributed by atoms with Crippen LogP contribution in [0.25, 0.3) is 0 Å². The Labute approximate surface area is 166 Å². The van der Waals surface area contributed by atoms with Gasteiger partial charge in [0.15, 0.2) is 0 Å². The van der Waals surface area contributed by atoms with Crippen LogP contribution < -0.4 is 5.32 Å². The maximum absolute atomic E-state index is 12.4. The molecule has 2 aromatic rings. The van der Waals surface area contributed by atoms with Crippen molar-refractivity contribution >= 4 is 23.4 Å². The largest absolute Gasteiger partial charge is 0.446 e. The first kappa shape index (κ1) is 20.7. The van der Waals surface area contributed by atoms with Crippen LogP contribution in [0.4, 0.5) is 18.9 Å². The van der Waals surface area contributed by atoms with Gasteiger partial charge >= 0.3 is 5.51 Å². The Balaban J connectivity index is 1.59. The Bertz CT molecular complexity index is 803. The van der Waals surface area contributed by atoms with Crippen molar-refractivity contribution in [3.63, 3.8) is 0 Å². The fourth-order valence-electron chi connectivity index (χ4n) is 3.02. The molecule has 0 atom stereocenters. The Morgan fingerprint density at radius 1 is 1.07 bits per heavy atom. The first-order chi connectivity index (χ1) is 13.3. The van der Waals surface area contributed by atoms with Crippen LogP contribution in [0.15, 0.2) is 53.4 Å². The second-order valence-corrected chi connectivity index (χ2v) is 7.94. The van der Waals surface area contributed by atoms with E-state index in [4.69, 9.17) is 0 Å². The van der Waals surface area contributed by atoms with Crippen LogP contribution in [0.2, 0.25) is 0 Å². The molecule has 1 heterocycles. The zero-order valence-corrected chi connectivity index (χ0v) is 16.3. The van der Waals surface area contributed by atoms with Crippen molar-refractivity contribution in [2.24, 2.45) is 0 Å². The third-order valence-electron chi connectivity index (χ3n) is 4.54. The number of anilines is 1. The third-order valence-corrected chi connectivity index (χ3v) is 5.28. The van der Waals surface area contributed by atoms with Crippen LogP contribution >= 0.6 is 11.8 Å². The van der Waals surface area contributed by atoms with Crippen molar-refractivity contribution in [2.75, 3.05) is 38.5 Å². The SMILES string of the molecule is CN1CCN(Cc2cccc(NC(=O)c3ccc(SC(F)(F)F)cc3)c2)CC1. The van der Waals surface area contributed by atoms with Crippen molar-refractivity contribution in [1.82, 2.24) is 9.80 Å². The van der Waals surface area contributed by atoms with Crippen LogP contribution in [0.1, 0.15) is 15.9 Å². The monoisotopic (exact) mass is 409 g/mol. The number of rotatable bonds is 5. The van der Waals surface area contributed by atoms with Gasteiger partial charge in [-0.3, -0.25) is 9.69 Å². The number of likely N-dealkylation sites (N-methyl/N-ethyl adjacent to an activating group) is 1. The molecule has 1 aliphatic rings. The number of carbonyl (C=O) groups is 1. The average molecular weight is 409 g/mol. The summed E-state index contributed by atoms with van der Waals surface area (Å²) in [5, 5.41) is 2.82. The van der Waals surface area contributed by atoms with E-state index in [-0.39, 0.29) is 22.6 Å². The van der Waals surface area contributed by atoms with Gasteiger partial charge < -0.3 is 10.2 Å². The van der Waals surface area contributed by atoms with E-state index in [1.165, 1.54) is 24.3 Å². The third kappa shape index (κ3) is 6.25. The predicted octanol–water partition coefficient (Wildman–Crippen LogP) is 4.30. The quantitative estimate of drug-likeness (QED) is 0.747. The van der Waals surface area contributed by atoms with E-state index in [9.17, 15) is 18.0 Å². The molecule has 150 valence electrons. The van der Waals surface area contributed by atoms with Crippen molar-refractivity contribution in [1.29, 1.82) is 0 Å². The number of alkyl halides is 3. The molecule has 0 aromatic heterocycles. The van der Waals surface area contributed by atoms with Crippen molar-refractivity contribution in [3.05, 3.63) is 59.7 Å². The predicted molar refractivity (Wildman–Crippen MR) is 106 cm³/mol. The number of hydrogen-bond donors (Lipinski definition) is 1. The fraction of sp³-hybridized carbons (Fsp3) is 0.350. The topological polar surface area (TPSA) is 35.6 Å². The number of nitrogens with zero attached hydrogens (tertiary/aromatic N) is 2. The number of hydrogen-bond acceptors (Lipinski definition) is 4. The summed E-state index contributed by atoms with van der Waals surface area (Å²) in [4.78, 5) is 17.1. The van der Waals surface area contributed by atoms with Gasteiger partial charge in [-0.25, -0.2) is 0 Å². The molecule has 3 rings (SSSR count). The van der Waals surface area contributed by atoms with Crippen LogP contribution in [0, 0.1) is 0 Å². The molecule has 1 saturated heterocycles.